The summed E-state index contributed by atoms with van der Waals surface area (Å²) >= 11 is 0. The quantitative estimate of drug-likeness (QED) is 0.0347. The molecule has 0 N–H and O–H groups in total. The summed E-state index contributed by atoms with van der Waals surface area (Å²) in [5.41, 5.74) is 0. The van der Waals surface area contributed by atoms with E-state index in [-0.39, 0.29) is 38.0 Å². The Morgan fingerprint density at radius 3 is 1.16 bits per heavy atom. The lowest BCUT2D eigenvalue weighted by molar-refractivity contribution is -0.162. The lowest BCUT2D eigenvalue weighted by atomic mass is 10.1. The average Bonchev–Trinajstić information content (AvgIpc) is 3.27. The van der Waals surface area contributed by atoms with Crippen LogP contribution in [0.2, 0.25) is 0 Å². The van der Waals surface area contributed by atoms with Crippen molar-refractivity contribution in [3.63, 3.8) is 0 Å². The molecule has 0 bridgehead atoms. The Morgan fingerprint density at radius 2 is 0.726 bits per heavy atom. The van der Waals surface area contributed by atoms with Gasteiger partial charge in [0, 0.05) is 19.4 Å². The molecule has 5 heteroatoms. The van der Waals surface area contributed by atoms with E-state index in [0.717, 1.165) is 83.5 Å². The van der Waals surface area contributed by atoms with Crippen molar-refractivity contribution in [1.82, 2.24) is 0 Å². The van der Waals surface area contributed by atoms with Gasteiger partial charge in [-0.15, -0.1) is 0 Å². The molecule has 0 aliphatic heterocycles. The molecule has 1 unspecified atom stereocenters. The number of hydrogen-bond donors (Lipinski definition) is 0. The van der Waals surface area contributed by atoms with Gasteiger partial charge in [0.25, 0.3) is 0 Å². The van der Waals surface area contributed by atoms with E-state index >= 15 is 0 Å². The maximum absolute atomic E-state index is 12.7. The van der Waals surface area contributed by atoms with Crippen molar-refractivity contribution in [2.75, 3.05) is 19.8 Å². The first-order valence-electron chi connectivity index (χ1n) is 24.7. The largest absolute Gasteiger partial charge is 0.462 e. The fraction of sp³-hybridized carbons (Fsp3) is 0.579. The summed E-state index contributed by atoms with van der Waals surface area (Å²) in [6.45, 7) is 7.36. The summed E-state index contributed by atoms with van der Waals surface area (Å²) in [5.74, 6) is -0.603. The standard InChI is InChI=1S/C57H90O5/c1-4-7-10-13-16-19-22-25-26-27-28-29-30-31-34-37-40-43-46-49-52-60-53-55(62-57(59)51-48-45-42-39-36-33-24-21-18-15-12-9-6-3)54-61-56(58)50-47-44-41-38-35-32-23-20-17-14-11-8-5-2/h8-9,11-12,16-21,25-26,28-29,32-33,35-36,41-42,44-45,55H,4-7,10,13-15,22-24,27,30-31,34,37-40,43,46-54H2,1-3H3/b11-8-,12-9-,19-16-,20-17-,21-18-,26-25-,29-28-,35-32-,36-33-,44-41-,45-42-. The van der Waals surface area contributed by atoms with Crippen molar-refractivity contribution in [2.45, 2.75) is 194 Å². The van der Waals surface area contributed by atoms with Crippen molar-refractivity contribution in [3.8, 4) is 0 Å². The van der Waals surface area contributed by atoms with Crippen LogP contribution in [0.4, 0.5) is 0 Å². The molecule has 0 heterocycles. The highest BCUT2D eigenvalue weighted by Gasteiger charge is 2.17. The minimum atomic E-state index is -0.617. The molecule has 0 aliphatic carbocycles. The van der Waals surface area contributed by atoms with Crippen LogP contribution in [0.5, 0.6) is 0 Å². The van der Waals surface area contributed by atoms with Gasteiger partial charge in [0.2, 0.25) is 0 Å². The highest BCUT2D eigenvalue weighted by atomic mass is 16.6. The van der Waals surface area contributed by atoms with Crippen molar-refractivity contribution >= 4 is 11.9 Å². The number of ether oxygens (including phenoxy) is 3. The van der Waals surface area contributed by atoms with E-state index in [4.69, 9.17) is 14.2 Å². The molecule has 0 saturated carbocycles. The first-order chi connectivity index (χ1) is 30.6. The van der Waals surface area contributed by atoms with Crippen molar-refractivity contribution in [2.24, 2.45) is 0 Å². The van der Waals surface area contributed by atoms with Crippen LogP contribution in [0, 0.1) is 0 Å². The number of carbonyl (C=O) groups is 2. The number of rotatable bonds is 43. The van der Waals surface area contributed by atoms with E-state index in [0.29, 0.717) is 19.4 Å². The predicted molar refractivity (Wildman–Crippen MR) is 269 cm³/mol. The van der Waals surface area contributed by atoms with Gasteiger partial charge in [0.05, 0.1) is 6.61 Å². The van der Waals surface area contributed by atoms with Gasteiger partial charge in [-0.1, -0.05) is 199 Å². The van der Waals surface area contributed by atoms with Crippen LogP contribution in [0.3, 0.4) is 0 Å². The Bertz CT molecular complexity index is 1330. The molecule has 0 spiro atoms. The van der Waals surface area contributed by atoms with Gasteiger partial charge >= 0.3 is 11.9 Å². The molecule has 0 fully saturated rings. The molecule has 0 amide bonds. The maximum atomic E-state index is 12.7. The summed E-state index contributed by atoms with van der Waals surface area (Å²) in [6, 6.07) is 0. The van der Waals surface area contributed by atoms with E-state index in [9.17, 15) is 9.59 Å². The number of esters is 2. The predicted octanol–water partition coefficient (Wildman–Crippen LogP) is 16.8. The van der Waals surface area contributed by atoms with E-state index in [1.165, 1.54) is 57.8 Å². The number of unbranched alkanes of at least 4 members (excludes halogenated alkanes) is 10. The lowest BCUT2D eigenvalue weighted by Crippen LogP contribution is -2.30. The van der Waals surface area contributed by atoms with Crippen molar-refractivity contribution in [1.29, 1.82) is 0 Å². The first-order valence-corrected chi connectivity index (χ1v) is 24.7. The molecule has 0 aliphatic rings. The minimum Gasteiger partial charge on any atom is -0.462 e. The Kier molecular flexibility index (Phi) is 48.1. The molecule has 0 aromatic carbocycles. The van der Waals surface area contributed by atoms with Crippen LogP contribution >= 0.6 is 0 Å². The van der Waals surface area contributed by atoms with Gasteiger partial charge in [0.1, 0.15) is 6.61 Å². The highest BCUT2D eigenvalue weighted by Crippen LogP contribution is 2.11. The Morgan fingerprint density at radius 1 is 0.371 bits per heavy atom. The SMILES string of the molecule is CC/C=C\C/C=C\C/C=C\C/C=C\CCC(=O)OCC(COCCCCCCCCC/C=C\C/C=C\C/C=C\CCCCC)OC(=O)CC/C=C\C/C=C\C/C=C\C/C=C\CC. The average molecular weight is 855 g/mol. The Balaban J connectivity index is 4.45. The third kappa shape index (κ3) is 48.7. The van der Waals surface area contributed by atoms with Crippen molar-refractivity contribution < 1.29 is 23.8 Å². The zero-order valence-corrected chi connectivity index (χ0v) is 39.8. The number of hydrogen-bond acceptors (Lipinski definition) is 5. The molecule has 348 valence electrons. The number of carbonyl (C=O) groups excluding carboxylic acids is 2. The fourth-order valence-corrected chi connectivity index (χ4v) is 6.07. The topological polar surface area (TPSA) is 61.8 Å². The van der Waals surface area contributed by atoms with Gasteiger partial charge in [0.15, 0.2) is 6.10 Å². The molecular formula is C57H90O5. The smallest absolute Gasteiger partial charge is 0.306 e. The molecule has 0 aromatic rings. The molecule has 0 radical (unpaired) electrons. The van der Waals surface area contributed by atoms with E-state index in [2.05, 4.69) is 142 Å². The van der Waals surface area contributed by atoms with E-state index < -0.39 is 6.10 Å². The Labute approximate surface area is 381 Å². The van der Waals surface area contributed by atoms with Gasteiger partial charge in [-0.3, -0.25) is 9.59 Å². The highest BCUT2D eigenvalue weighted by molar-refractivity contribution is 5.70. The normalized spacial score (nSPS) is 13.4. The van der Waals surface area contributed by atoms with Gasteiger partial charge in [-0.2, -0.15) is 0 Å². The molecule has 62 heavy (non-hydrogen) atoms. The molecule has 0 aromatic heterocycles. The van der Waals surface area contributed by atoms with Crippen LogP contribution in [0.25, 0.3) is 0 Å². The Hall–Kier alpha value is -3.96. The number of allylic oxidation sites excluding steroid dienone is 22. The third-order valence-corrected chi connectivity index (χ3v) is 9.68. The second-order valence-electron chi connectivity index (χ2n) is 15.6. The summed E-state index contributed by atoms with van der Waals surface area (Å²) in [4.78, 5) is 25.2. The molecular weight excluding hydrogens is 765 g/mol. The van der Waals surface area contributed by atoms with Gasteiger partial charge in [-0.05, 0) is 109 Å². The zero-order chi connectivity index (χ0) is 44.9. The van der Waals surface area contributed by atoms with Gasteiger partial charge < -0.3 is 14.2 Å². The second kappa shape index (κ2) is 51.4. The second-order valence-corrected chi connectivity index (χ2v) is 15.6. The maximum Gasteiger partial charge on any atom is 0.306 e. The van der Waals surface area contributed by atoms with Crippen LogP contribution in [0.15, 0.2) is 134 Å². The summed E-state index contributed by atoms with van der Waals surface area (Å²) < 4.78 is 17.2. The summed E-state index contributed by atoms with van der Waals surface area (Å²) in [6.07, 6.45) is 73.5. The lowest BCUT2D eigenvalue weighted by Gasteiger charge is -2.18. The molecule has 0 rings (SSSR count). The molecule has 1 atom stereocenters. The van der Waals surface area contributed by atoms with E-state index in [1.807, 2.05) is 12.2 Å². The van der Waals surface area contributed by atoms with E-state index in [1.54, 1.807) is 0 Å². The molecule has 5 nitrogen and oxygen atoms in total. The minimum absolute atomic E-state index is 0.00545. The summed E-state index contributed by atoms with van der Waals surface area (Å²) in [5, 5.41) is 0. The van der Waals surface area contributed by atoms with Crippen LogP contribution in [-0.4, -0.2) is 37.9 Å². The van der Waals surface area contributed by atoms with Crippen LogP contribution in [-0.2, 0) is 23.8 Å². The van der Waals surface area contributed by atoms with Crippen LogP contribution in [0.1, 0.15) is 188 Å². The fourth-order valence-electron chi connectivity index (χ4n) is 6.07. The monoisotopic (exact) mass is 855 g/mol. The third-order valence-electron chi connectivity index (χ3n) is 9.68. The molecule has 0 saturated heterocycles. The van der Waals surface area contributed by atoms with Crippen LogP contribution < -0.4 is 0 Å². The summed E-state index contributed by atoms with van der Waals surface area (Å²) in [7, 11) is 0. The first kappa shape index (κ1) is 58.0. The zero-order valence-electron chi connectivity index (χ0n) is 39.8. The van der Waals surface area contributed by atoms with Gasteiger partial charge in [-0.25, -0.2) is 0 Å². The van der Waals surface area contributed by atoms with Crippen molar-refractivity contribution in [3.05, 3.63) is 134 Å².